The van der Waals surface area contributed by atoms with E-state index in [0.717, 1.165) is 30.0 Å². The molecule has 35 heavy (non-hydrogen) atoms. The molecule has 2 unspecified atom stereocenters. The quantitative estimate of drug-likeness (QED) is 0.263. The Labute approximate surface area is 217 Å². The van der Waals surface area contributed by atoms with Crippen LogP contribution in [0.2, 0.25) is 18.1 Å². The van der Waals surface area contributed by atoms with Crippen LogP contribution in [-0.2, 0) is 18.7 Å². The molecule has 6 nitrogen and oxygen atoms in total. The lowest BCUT2D eigenvalue weighted by Gasteiger charge is -2.40. The van der Waals surface area contributed by atoms with E-state index in [1.165, 1.54) is 5.57 Å². The number of hydrogen-bond donors (Lipinski definition) is 1. The Morgan fingerprint density at radius 3 is 2.57 bits per heavy atom. The predicted molar refractivity (Wildman–Crippen MR) is 148 cm³/mol. The van der Waals surface area contributed by atoms with Crippen molar-refractivity contribution in [3.05, 3.63) is 46.0 Å². The van der Waals surface area contributed by atoms with E-state index in [1.807, 2.05) is 30.5 Å². The molecular weight excluding hydrogens is 476 g/mol. The highest BCUT2D eigenvalue weighted by atomic mass is 32.1. The maximum absolute atomic E-state index is 12.4. The Morgan fingerprint density at radius 2 is 1.89 bits per heavy atom. The summed E-state index contributed by atoms with van der Waals surface area (Å²) in [5.74, 6) is 0.0691. The second kappa shape index (κ2) is 13.6. The van der Waals surface area contributed by atoms with E-state index in [-0.39, 0.29) is 36.0 Å². The van der Waals surface area contributed by atoms with Gasteiger partial charge in [0.15, 0.2) is 8.32 Å². The molecule has 0 fully saturated rings. The van der Waals surface area contributed by atoms with Crippen molar-refractivity contribution in [3.8, 4) is 0 Å². The minimum atomic E-state index is -2.07. The molecular formula is C27H44N2O4SSi. The molecule has 1 aromatic heterocycles. The molecule has 0 aromatic carbocycles. The van der Waals surface area contributed by atoms with E-state index in [0.29, 0.717) is 6.42 Å². The predicted octanol–water partition coefficient (Wildman–Crippen LogP) is 6.79. The Bertz CT molecular complexity index is 901. The van der Waals surface area contributed by atoms with Crippen LogP contribution in [0.1, 0.15) is 77.0 Å². The van der Waals surface area contributed by atoms with Gasteiger partial charge in [-0.3, -0.25) is 4.79 Å². The third-order valence-electron chi connectivity index (χ3n) is 6.58. The summed E-state index contributed by atoms with van der Waals surface area (Å²) in [6.07, 6.45) is 12.9. The normalized spacial score (nSPS) is 26.7. The summed E-state index contributed by atoms with van der Waals surface area (Å²) < 4.78 is 18.2. The fourth-order valence-electron chi connectivity index (χ4n) is 3.45. The largest absolute Gasteiger partial charge is 0.408 e. The Balaban J connectivity index is 2.40. The molecule has 3 atom stereocenters. The number of aromatic nitrogens is 1. The zero-order valence-corrected chi connectivity index (χ0v) is 24.5. The third kappa shape index (κ3) is 9.77. The molecule has 0 saturated carbocycles. The van der Waals surface area contributed by atoms with E-state index < -0.39 is 8.32 Å². The van der Waals surface area contributed by atoms with Crippen molar-refractivity contribution in [1.82, 2.24) is 10.3 Å². The number of rotatable bonds is 5. The number of hydrogen-bond acceptors (Lipinski definition) is 6. The van der Waals surface area contributed by atoms with Crippen LogP contribution in [0.3, 0.4) is 0 Å². The molecule has 2 rings (SSSR count). The van der Waals surface area contributed by atoms with E-state index in [9.17, 15) is 4.79 Å². The number of allylic oxidation sites excluding steroid dienone is 3. The van der Waals surface area contributed by atoms with Crippen LogP contribution in [-0.4, -0.2) is 45.3 Å². The maximum Gasteiger partial charge on any atom is 0.220 e. The lowest BCUT2D eigenvalue weighted by atomic mass is 10.0. The SMILES string of the molecule is COCOC1/C=C(\C)CCCCC(=O)N[C@@H](C)c2nc(cs2)/C=C\C=C\C1O[Si](C)(C)C(C)(C)C. The van der Waals surface area contributed by atoms with Gasteiger partial charge in [-0.25, -0.2) is 4.98 Å². The molecule has 196 valence electrons. The zero-order valence-electron chi connectivity index (χ0n) is 22.7. The molecule has 1 N–H and O–H groups in total. The van der Waals surface area contributed by atoms with Gasteiger partial charge in [-0.1, -0.05) is 50.6 Å². The van der Waals surface area contributed by atoms with Gasteiger partial charge in [-0.2, -0.15) is 0 Å². The molecule has 8 heteroatoms. The van der Waals surface area contributed by atoms with Crippen molar-refractivity contribution in [2.24, 2.45) is 0 Å². The van der Waals surface area contributed by atoms with Gasteiger partial charge in [0.2, 0.25) is 5.91 Å². The molecule has 0 spiro atoms. The summed E-state index contributed by atoms with van der Waals surface area (Å²) in [4.78, 5) is 17.1. The highest BCUT2D eigenvalue weighted by Crippen LogP contribution is 2.38. The Hall–Kier alpha value is -1.58. The number of carbonyl (C=O) groups is 1. The summed E-state index contributed by atoms with van der Waals surface area (Å²) >= 11 is 1.56. The van der Waals surface area contributed by atoms with E-state index in [1.54, 1.807) is 18.4 Å². The third-order valence-corrected chi connectivity index (χ3v) is 12.1. The highest BCUT2D eigenvalue weighted by molar-refractivity contribution is 7.09. The number of nitrogens with zero attached hydrogens (tertiary/aromatic N) is 1. The number of carbonyl (C=O) groups excluding carboxylic acids is 1. The van der Waals surface area contributed by atoms with Crippen LogP contribution in [0.15, 0.2) is 35.3 Å². The van der Waals surface area contributed by atoms with Crippen LogP contribution in [0.5, 0.6) is 0 Å². The van der Waals surface area contributed by atoms with Gasteiger partial charge < -0.3 is 19.2 Å². The molecule has 2 bridgehead atoms. The van der Waals surface area contributed by atoms with Gasteiger partial charge in [0.25, 0.3) is 0 Å². The number of methoxy groups -OCH3 is 1. The first kappa shape index (κ1) is 29.6. The van der Waals surface area contributed by atoms with Crippen molar-refractivity contribution in [1.29, 1.82) is 0 Å². The first-order valence-electron chi connectivity index (χ1n) is 12.5. The number of amides is 1. The zero-order chi connectivity index (χ0) is 26.1. The topological polar surface area (TPSA) is 69.7 Å². The second-order valence-corrected chi connectivity index (χ2v) is 16.4. The highest BCUT2D eigenvalue weighted by Gasteiger charge is 2.40. The van der Waals surface area contributed by atoms with Crippen LogP contribution >= 0.6 is 11.3 Å². The van der Waals surface area contributed by atoms with E-state index >= 15 is 0 Å². The number of nitrogens with one attached hydrogen (secondary N) is 1. The van der Waals surface area contributed by atoms with Gasteiger partial charge in [0.1, 0.15) is 17.9 Å². The van der Waals surface area contributed by atoms with Gasteiger partial charge in [0.05, 0.1) is 17.8 Å². The van der Waals surface area contributed by atoms with Gasteiger partial charge in [-0.05, 0) is 57.3 Å². The van der Waals surface area contributed by atoms with Crippen LogP contribution in [0, 0.1) is 0 Å². The first-order chi connectivity index (χ1) is 16.4. The number of ether oxygens (including phenoxy) is 2. The van der Waals surface area contributed by atoms with Crippen molar-refractivity contribution in [2.75, 3.05) is 13.9 Å². The van der Waals surface area contributed by atoms with Crippen LogP contribution in [0.4, 0.5) is 0 Å². The standard InChI is InChI=1S/C27H44N2O4SSi/c1-20-13-9-12-16-25(30)28-21(2)26-29-22(18-34-26)14-10-11-15-23(24(17-20)32-19-31-6)33-35(7,8)27(3,4)5/h10-11,14-15,17-18,21,23-24H,9,12-13,16,19H2,1-8H3,(H,28,30)/b14-10-,15-11+,20-17+/t21-,23?,24?/m0/s1. The summed E-state index contributed by atoms with van der Waals surface area (Å²) in [5, 5.41) is 6.06. The van der Waals surface area contributed by atoms with Crippen molar-refractivity contribution < 1.29 is 18.7 Å². The molecule has 0 radical (unpaired) electrons. The average Bonchev–Trinajstić information content (AvgIpc) is 3.24. The van der Waals surface area contributed by atoms with Crippen LogP contribution in [0.25, 0.3) is 6.08 Å². The molecule has 1 aromatic rings. The molecule has 1 amide bonds. The van der Waals surface area contributed by atoms with Crippen molar-refractivity contribution in [2.45, 2.75) is 96.7 Å². The maximum atomic E-state index is 12.4. The van der Waals surface area contributed by atoms with Crippen molar-refractivity contribution >= 4 is 31.6 Å². The Kier molecular flexibility index (Phi) is 11.6. The van der Waals surface area contributed by atoms with Gasteiger partial charge >= 0.3 is 0 Å². The lowest BCUT2D eigenvalue weighted by molar-refractivity contribution is -0.121. The molecule has 2 heterocycles. The summed E-state index contributed by atoms with van der Waals surface area (Å²) in [7, 11) is -0.433. The van der Waals surface area contributed by atoms with E-state index in [4.69, 9.17) is 13.9 Å². The fourth-order valence-corrected chi connectivity index (χ4v) is 5.49. The minimum absolute atomic E-state index is 0.0691. The van der Waals surface area contributed by atoms with Gasteiger partial charge in [-0.15, -0.1) is 11.3 Å². The molecule has 1 aliphatic heterocycles. The molecule has 0 saturated heterocycles. The monoisotopic (exact) mass is 520 g/mol. The lowest BCUT2D eigenvalue weighted by Crippen LogP contribution is -2.46. The smallest absolute Gasteiger partial charge is 0.220 e. The fraction of sp³-hybridized carbons (Fsp3) is 0.630. The summed E-state index contributed by atoms with van der Waals surface area (Å²) in [6, 6.07) is -0.0910. The second-order valence-electron chi connectivity index (χ2n) is 10.7. The minimum Gasteiger partial charge on any atom is -0.408 e. The van der Waals surface area contributed by atoms with Crippen molar-refractivity contribution in [3.63, 3.8) is 0 Å². The summed E-state index contributed by atoms with van der Waals surface area (Å²) in [5.41, 5.74) is 2.10. The number of fused-ring (bicyclic) bond motifs is 2. The van der Waals surface area contributed by atoms with E-state index in [2.05, 4.69) is 63.2 Å². The first-order valence-corrected chi connectivity index (χ1v) is 16.3. The number of thiazole rings is 1. The Morgan fingerprint density at radius 1 is 1.17 bits per heavy atom. The molecule has 1 aliphatic rings. The van der Waals surface area contributed by atoms with Crippen LogP contribution < -0.4 is 5.32 Å². The summed E-state index contributed by atoms with van der Waals surface area (Å²) in [6.45, 7) is 15.5. The molecule has 0 aliphatic carbocycles. The van der Waals surface area contributed by atoms with Gasteiger partial charge in [0, 0.05) is 18.9 Å². The average molecular weight is 521 g/mol.